The monoisotopic (exact) mass is 295 g/mol. The molecule has 1 atom stereocenters. The normalized spacial score (nSPS) is 16.3. The van der Waals surface area contributed by atoms with Crippen LogP contribution in [-0.4, -0.2) is 5.75 Å². The molecule has 1 unspecified atom stereocenters. The third-order valence-corrected chi connectivity index (χ3v) is 5.76. The molecule has 0 saturated carbocycles. The van der Waals surface area contributed by atoms with E-state index in [0.717, 1.165) is 16.3 Å². The number of thiophene rings is 1. The second-order valence-electron chi connectivity index (χ2n) is 4.43. The van der Waals surface area contributed by atoms with Gasteiger partial charge in [0.25, 0.3) is 0 Å². The Bertz CT molecular complexity index is 524. The smallest absolute Gasteiger partial charge is 0.0646 e. The molecule has 3 rings (SSSR count). The summed E-state index contributed by atoms with van der Waals surface area (Å²) in [5, 5.41) is 0.757. The highest BCUT2D eigenvalue weighted by atomic mass is 35.5. The van der Waals surface area contributed by atoms with E-state index in [0.29, 0.717) is 0 Å². The predicted molar refractivity (Wildman–Crippen MR) is 81.7 cm³/mol. The predicted octanol–water partition coefficient (Wildman–Crippen LogP) is 4.24. The van der Waals surface area contributed by atoms with Crippen LogP contribution in [0.1, 0.15) is 26.9 Å². The molecule has 0 radical (unpaired) electrons. The van der Waals surface area contributed by atoms with E-state index in [4.69, 9.17) is 17.3 Å². The first kappa shape index (κ1) is 12.5. The van der Waals surface area contributed by atoms with E-state index in [1.807, 2.05) is 47.4 Å². The lowest BCUT2D eigenvalue weighted by Crippen LogP contribution is -2.09. The molecule has 1 aliphatic heterocycles. The molecule has 0 bridgehead atoms. The summed E-state index contributed by atoms with van der Waals surface area (Å²) in [6.45, 7) is 0. The average molecular weight is 296 g/mol. The maximum Gasteiger partial charge on any atom is 0.0646 e. The second-order valence-corrected chi connectivity index (χ2v) is 7.14. The lowest BCUT2D eigenvalue weighted by molar-refractivity contribution is 0.892. The van der Waals surface area contributed by atoms with Gasteiger partial charge in [-0.1, -0.05) is 23.7 Å². The van der Waals surface area contributed by atoms with Gasteiger partial charge in [0.05, 0.1) is 6.04 Å². The highest BCUT2D eigenvalue weighted by molar-refractivity contribution is 7.98. The van der Waals surface area contributed by atoms with Crippen molar-refractivity contribution in [2.24, 2.45) is 5.73 Å². The van der Waals surface area contributed by atoms with E-state index in [-0.39, 0.29) is 6.04 Å². The van der Waals surface area contributed by atoms with Crippen molar-refractivity contribution in [2.45, 2.75) is 18.2 Å². The van der Waals surface area contributed by atoms with Gasteiger partial charge in [-0.2, -0.15) is 11.8 Å². The average Bonchev–Trinajstić information content (AvgIpc) is 2.82. The van der Waals surface area contributed by atoms with Crippen molar-refractivity contribution in [2.75, 3.05) is 5.75 Å². The van der Waals surface area contributed by atoms with Crippen molar-refractivity contribution in [1.82, 2.24) is 0 Å². The van der Waals surface area contributed by atoms with Gasteiger partial charge < -0.3 is 5.73 Å². The third kappa shape index (κ3) is 2.45. The number of thioether (sulfide) groups is 1. The standard InChI is InChI=1S/C14H14ClNS2/c15-11-3-1-9(2-4-11)14(16)13-7-10-8-17-6-5-12(10)18-13/h1-4,7,14H,5-6,8,16H2. The minimum atomic E-state index is -0.0251. The maximum absolute atomic E-state index is 6.34. The van der Waals surface area contributed by atoms with Gasteiger partial charge in [0.1, 0.15) is 0 Å². The van der Waals surface area contributed by atoms with Gasteiger partial charge in [0.15, 0.2) is 0 Å². The van der Waals surface area contributed by atoms with Gasteiger partial charge in [-0.3, -0.25) is 0 Å². The molecular weight excluding hydrogens is 282 g/mol. The molecule has 0 spiro atoms. The van der Waals surface area contributed by atoms with Crippen LogP contribution >= 0.6 is 34.7 Å². The third-order valence-electron chi connectivity index (χ3n) is 3.18. The van der Waals surface area contributed by atoms with Crippen LogP contribution in [0.5, 0.6) is 0 Å². The Morgan fingerprint density at radius 3 is 2.72 bits per heavy atom. The zero-order valence-electron chi connectivity index (χ0n) is 9.86. The summed E-state index contributed by atoms with van der Waals surface area (Å²) in [6, 6.07) is 10.1. The van der Waals surface area contributed by atoms with E-state index in [1.54, 1.807) is 0 Å². The molecule has 1 nitrogen and oxygen atoms in total. The topological polar surface area (TPSA) is 26.0 Å². The summed E-state index contributed by atoms with van der Waals surface area (Å²) < 4.78 is 0. The number of fused-ring (bicyclic) bond motifs is 1. The van der Waals surface area contributed by atoms with Crippen molar-refractivity contribution in [3.05, 3.63) is 56.2 Å². The number of nitrogens with two attached hydrogens (primary N) is 1. The van der Waals surface area contributed by atoms with Gasteiger partial charge in [-0.15, -0.1) is 11.3 Å². The molecule has 2 heterocycles. The summed E-state index contributed by atoms with van der Waals surface area (Å²) in [7, 11) is 0. The van der Waals surface area contributed by atoms with Crippen molar-refractivity contribution < 1.29 is 0 Å². The lowest BCUT2D eigenvalue weighted by Gasteiger charge is -2.09. The van der Waals surface area contributed by atoms with Crippen LogP contribution in [0.3, 0.4) is 0 Å². The first-order valence-corrected chi connectivity index (χ1v) is 8.29. The van der Waals surface area contributed by atoms with E-state index >= 15 is 0 Å². The highest BCUT2D eigenvalue weighted by Gasteiger charge is 2.18. The molecule has 2 aromatic rings. The molecule has 0 amide bonds. The van der Waals surface area contributed by atoms with Crippen LogP contribution in [0.2, 0.25) is 5.02 Å². The fraction of sp³-hybridized carbons (Fsp3) is 0.286. The minimum Gasteiger partial charge on any atom is -0.320 e. The summed E-state index contributed by atoms with van der Waals surface area (Å²) in [6.07, 6.45) is 1.19. The van der Waals surface area contributed by atoms with Crippen molar-refractivity contribution in [3.8, 4) is 0 Å². The van der Waals surface area contributed by atoms with Crippen LogP contribution < -0.4 is 5.73 Å². The SMILES string of the molecule is NC(c1ccc(Cl)cc1)c1cc2c(s1)CCSC2. The first-order chi connectivity index (χ1) is 8.74. The zero-order valence-corrected chi connectivity index (χ0v) is 12.2. The quantitative estimate of drug-likeness (QED) is 0.897. The van der Waals surface area contributed by atoms with Gasteiger partial charge in [-0.05, 0) is 41.5 Å². The molecule has 1 aromatic carbocycles. The van der Waals surface area contributed by atoms with E-state index in [2.05, 4.69) is 6.07 Å². The highest BCUT2D eigenvalue weighted by Crippen LogP contribution is 2.35. The second kappa shape index (κ2) is 5.25. The lowest BCUT2D eigenvalue weighted by atomic mass is 10.1. The number of hydrogen-bond donors (Lipinski definition) is 1. The molecule has 94 valence electrons. The fourth-order valence-corrected chi connectivity index (χ4v) is 4.69. The van der Waals surface area contributed by atoms with Crippen LogP contribution in [0.15, 0.2) is 30.3 Å². The molecule has 2 N–H and O–H groups in total. The Hall–Kier alpha value is -0.480. The van der Waals surface area contributed by atoms with E-state index < -0.39 is 0 Å². The number of rotatable bonds is 2. The van der Waals surface area contributed by atoms with Crippen LogP contribution in [-0.2, 0) is 12.2 Å². The molecule has 0 aliphatic carbocycles. The van der Waals surface area contributed by atoms with Gasteiger partial charge in [-0.25, -0.2) is 0 Å². The molecule has 1 aromatic heterocycles. The zero-order chi connectivity index (χ0) is 12.5. The van der Waals surface area contributed by atoms with Crippen molar-refractivity contribution >= 4 is 34.7 Å². The van der Waals surface area contributed by atoms with Crippen molar-refractivity contribution in [3.63, 3.8) is 0 Å². The number of halogens is 1. The number of hydrogen-bond acceptors (Lipinski definition) is 3. The first-order valence-electron chi connectivity index (χ1n) is 5.94. The van der Waals surface area contributed by atoms with E-state index in [9.17, 15) is 0 Å². The molecule has 18 heavy (non-hydrogen) atoms. The largest absolute Gasteiger partial charge is 0.320 e. The van der Waals surface area contributed by atoms with Crippen LogP contribution in [0.4, 0.5) is 0 Å². The van der Waals surface area contributed by atoms with Gasteiger partial charge >= 0.3 is 0 Å². The number of benzene rings is 1. The molecule has 4 heteroatoms. The summed E-state index contributed by atoms with van der Waals surface area (Å²) in [4.78, 5) is 2.79. The Balaban J connectivity index is 1.89. The molecular formula is C14H14ClNS2. The molecule has 1 aliphatic rings. The minimum absolute atomic E-state index is 0.0251. The fourth-order valence-electron chi connectivity index (χ4n) is 2.16. The summed E-state index contributed by atoms with van der Waals surface area (Å²) in [5.41, 5.74) is 8.95. The summed E-state index contributed by atoms with van der Waals surface area (Å²) >= 11 is 9.78. The maximum atomic E-state index is 6.34. The summed E-state index contributed by atoms with van der Waals surface area (Å²) in [5.74, 6) is 2.38. The Morgan fingerprint density at radius 1 is 1.22 bits per heavy atom. The Kier molecular flexibility index (Phi) is 3.66. The van der Waals surface area contributed by atoms with Crippen LogP contribution in [0, 0.1) is 0 Å². The van der Waals surface area contributed by atoms with Gasteiger partial charge in [0, 0.05) is 20.5 Å². The molecule has 0 fully saturated rings. The van der Waals surface area contributed by atoms with Crippen molar-refractivity contribution in [1.29, 1.82) is 0 Å². The van der Waals surface area contributed by atoms with Crippen LogP contribution in [0.25, 0.3) is 0 Å². The Labute approximate surface area is 120 Å². The number of aryl methyl sites for hydroxylation is 1. The van der Waals surface area contributed by atoms with Gasteiger partial charge in [0.2, 0.25) is 0 Å². The molecule has 0 saturated heterocycles. The Morgan fingerprint density at radius 2 is 2.00 bits per heavy atom. The van der Waals surface area contributed by atoms with E-state index in [1.165, 1.54) is 27.5 Å².